The first-order valence-electron chi connectivity index (χ1n) is 40.2. The number of carbonyl (C=O) groups is 3. The van der Waals surface area contributed by atoms with Crippen molar-refractivity contribution in [1.29, 1.82) is 0 Å². The van der Waals surface area contributed by atoms with Gasteiger partial charge in [0.15, 0.2) is 0 Å². The van der Waals surface area contributed by atoms with E-state index in [1.807, 2.05) is 0 Å². The maximum Gasteiger partial charge on any atom is 0.306 e. The lowest BCUT2D eigenvalue weighted by Crippen LogP contribution is -2.42. The molecule has 0 bridgehead atoms. The number of aliphatic hydroxyl groups excluding tert-OH is 1. The molecule has 0 radical (unpaired) electrons. The van der Waals surface area contributed by atoms with E-state index in [9.17, 15) is 19.5 Å². The number of aliphatic hydroxyl groups is 1. The molecule has 0 unspecified atom stereocenters. The van der Waals surface area contributed by atoms with E-state index in [-0.39, 0.29) is 57.0 Å². The Labute approximate surface area is 575 Å². The van der Waals surface area contributed by atoms with Gasteiger partial charge in [0, 0.05) is 17.3 Å². The van der Waals surface area contributed by atoms with Gasteiger partial charge in [-0.25, -0.2) is 0 Å². The van der Waals surface area contributed by atoms with Crippen LogP contribution in [-0.4, -0.2) is 84.0 Å². The fourth-order valence-electron chi connectivity index (χ4n) is 12.3. The fraction of sp³-hybridized carbons (Fsp3) is 0.963. The third kappa shape index (κ3) is 71.7. The predicted molar refractivity (Wildman–Crippen MR) is 402 cm³/mol. The summed E-state index contributed by atoms with van der Waals surface area (Å²) in [6, 6.07) is 0. The smallest absolute Gasteiger partial charge is 0.306 e. The maximum absolute atomic E-state index is 13.0. The Hall–Kier alpha value is -0.580. The van der Waals surface area contributed by atoms with Crippen LogP contribution >= 0.6 is 35.3 Å². The van der Waals surface area contributed by atoms with Crippen LogP contribution in [0, 0.1) is 5.41 Å². The zero-order valence-electron chi connectivity index (χ0n) is 60.7. The fourth-order valence-corrected chi connectivity index (χ4v) is 15.1. The number of thioether (sulfide) groups is 3. The molecular formula is C80H156O7S3. The lowest BCUT2D eigenvalue weighted by atomic mass is 9.92. The highest BCUT2D eigenvalue weighted by molar-refractivity contribution is 7.99. The molecule has 0 aliphatic carbocycles. The van der Waals surface area contributed by atoms with Crippen molar-refractivity contribution in [2.24, 2.45) is 5.41 Å². The second kappa shape index (κ2) is 77.4. The highest BCUT2D eigenvalue weighted by Gasteiger charge is 2.35. The van der Waals surface area contributed by atoms with Gasteiger partial charge in [0.1, 0.15) is 19.8 Å². The Kier molecular flexibility index (Phi) is 76.9. The summed E-state index contributed by atoms with van der Waals surface area (Å²) in [7, 11) is 0. The molecule has 536 valence electrons. The minimum Gasteiger partial charge on any atom is -0.465 e. The zero-order valence-corrected chi connectivity index (χ0v) is 63.2. The van der Waals surface area contributed by atoms with E-state index in [0.29, 0.717) is 17.3 Å². The summed E-state index contributed by atoms with van der Waals surface area (Å²) in [6.45, 7) is 5.93. The normalized spacial score (nSPS) is 11.7. The van der Waals surface area contributed by atoms with Crippen LogP contribution < -0.4 is 0 Å². The average Bonchev–Trinajstić information content (AvgIpc) is 3.03. The average molecular weight is 1330 g/mol. The quantitative estimate of drug-likeness (QED) is 0.0360. The van der Waals surface area contributed by atoms with Crippen LogP contribution in [0.3, 0.4) is 0 Å². The monoisotopic (exact) mass is 1330 g/mol. The van der Waals surface area contributed by atoms with Crippen LogP contribution in [0.15, 0.2) is 0 Å². The minimum atomic E-state index is -1.21. The van der Waals surface area contributed by atoms with Gasteiger partial charge in [-0.3, -0.25) is 14.4 Å². The van der Waals surface area contributed by atoms with Crippen molar-refractivity contribution < 1.29 is 33.7 Å². The van der Waals surface area contributed by atoms with Crippen LogP contribution in [-0.2, 0) is 28.6 Å². The van der Waals surface area contributed by atoms with Crippen molar-refractivity contribution in [2.75, 3.05) is 60.9 Å². The molecule has 0 aromatic carbocycles. The van der Waals surface area contributed by atoms with Crippen LogP contribution in [0.25, 0.3) is 0 Å². The molecule has 0 saturated carbocycles. The van der Waals surface area contributed by atoms with Crippen LogP contribution in [0.5, 0.6) is 0 Å². The van der Waals surface area contributed by atoms with Crippen molar-refractivity contribution in [3.63, 3.8) is 0 Å². The summed E-state index contributed by atoms with van der Waals surface area (Å²) in [5.74, 6) is 4.13. The standard InChI is InChI=1S/C80H156O7S3/c1-4-7-10-13-16-19-22-25-28-31-34-37-40-43-46-49-52-55-58-61-67-88-70-64-77(82)85-74-80(73-81,75-86-78(83)65-71-89-68-62-59-56-53-50-47-44-41-38-35-32-29-26-23-20-17-14-11-8-5-2)76-87-79(84)66-72-90-69-63-60-57-54-51-48-45-42-39-36-33-30-27-24-21-18-15-12-9-6-3/h81H,4-76H2,1-3H3. The molecule has 1 N–H and O–H groups in total. The molecule has 0 aliphatic heterocycles. The van der Waals surface area contributed by atoms with Crippen molar-refractivity contribution in [1.82, 2.24) is 0 Å². The van der Waals surface area contributed by atoms with Crippen molar-refractivity contribution in [3.8, 4) is 0 Å². The van der Waals surface area contributed by atoms with Crippen LogP contribution in [0.4, 0.5) is 0 Å². The molecule has 0 aromatic heterocycles. The van der Waals surface area contributed by atoms with Crippen molar-refractivity contribution in [2.45, 2.75) is 425 Å². The minimum absolute atomic E-state index is 0.171. The van der Waals surface area contributed by atoms with Crippen LogP contribution in [0.2, 0.25) is 0 Å². The van der Waals surface area contributed by atoms with Gasteiger partial charge in [0.25, 0.3) is 0 Å². The van der Waals surface area contributed by atoms with E-state index in [4.69, 9.17) is 14.2 Å². The Balaban J connectivity index is 4.42. The maximum atomic E-state index is 13.0. The Morgan fingerprint density at radius 2 is 0.378 bits per heavy atom. The number of carbonyl (C=O) groups excluding carboxylic acids is 3. The van der Waals surface area contributed by atoms with Gasteiger partial charge in [0.05, 0.1) is 31.3 Å². The van der Waals surface area contributed by atoms with E-state index in [0.717, 1.165) is 17.3 Å². The van der Waals surface area contributed by atoms with Gasteiger partial charge in [-0.2, -0.15) is 35.3 Å². The highest BCUT2D eigenvalue weighted by atomic mass is 32.2. The molecule has 0 atom stereocenters. The SMILES string of the molecule is CCCCCCCCCCCCCCCCCCCCCCSCCC(=O)OCC(CO)(COC(=O)CCSCCCCCCCCCCCCCCCCCCCCCC)COC(=O)CCSCCCCCCCCCCCCCCCCCCCCCC. The van der Waals surface area contributed by atoms with Gasteiger partial charge < -0.3 is 19.3 Å². The number of esters is 3. The van der Waals surface area contributed by atoms with E-state index >= 15 is 0 Å². The lowest BCUT2D eigenvalue weighted by molar-refractivity contribution is -0.164. The molecule has 7 nitrogen and oxygen atoms in total. The first-order chi connectivity index (χ1) is 44.4. The number of rotatable bonds is 79. The van der Waals surface area contributed by atoms with Crippen LogP contribution in [0.1, 0.15) is 425 Å². The molecular weight excluding hydrogens is 1170 g/mol. The van der Waals surface area contributed by atoms with Gasteiger partial charge >= 0.3 is 17.9 Å². The largest absolute Gasteiger partial charge is 0.465 e. The second-order valence-corrected chi connectivity index (χ2v) is 31.6. The molecule has 0 amide bonds. The Morgan fingerprint density at radius 3 is 0.522 bits per heavy atom. The summed E-state index contributed by atoms with van der Waals surface area (Å²) >= 11 is 5.38. The molecule has 0 aliphatic rings. The predicted octanol–water partition coefficient (Wildman–Crippen LogP) is 26.4. The summed E-state index contributed by atoms with van der Waals surface area (Å²) in [5, 5.41) is 10.7. The molecule has 0 heterocycles. The first kappa shape index (κ1) is 89.4. The topological polar surface area (TPSA) is 99.1 Å². The lowest BCUT2D eigenvalue weighted by Gasteiger charge is -2.30. The third-order valence-corrected chi connectivity index (χ3v) is 21.9. The highest BCUT2D eigenvalue weighted by Crippen LogP contribution is 2.24. The molecule has 0 saturated heterocycles. The van der Waals surface area contributed by atoms with Crippen molar-refractivity contribution in [3.05, 3.63) is 0 Å². The van der Waals surface area contributed by atoms with E-state index < -0.39 is 12.0 Å². The molecule has 0 spiro atoms. The van der Waals surface area contributed by atoms with Gasteiger partial charge in [-0.1, -0.05) is 387 Å². The molecule has 0 fully saturated rings. The summed E-state index contributed by atoms with van der Waals surface area (Å²) in [6.07, 6.45) is 83.6. The Morgan fingerprint density at radius 1 is 0.233 bits per heavy atom. The molecule has 0 aromatic rings. The molecule has 0 rings (SSSR count). The van der Waals surface area contributed by atoms with Gasteiger partial charge in [-0.05, 0) is 36.5 Å². The number of ether oxygens (including phenoxy) is 3. The number of unbranched alkanes of at least 4 members (excludes halogenated alkanes) is 57. The molecule has 90 heavy (non-hydrogen) atoms. The molecule has 10 heteroatoms. The van der Waals surface area contributed by atoms with E-state index in [1.54, 1.807) is 35.3 Å². The number of hydrogen-bond acceptors (Lipinski definition) is 10. The van der Waals surface area contributed by atoms with Crippen molar-refractivity contribution >= 4 is 53.2 Å². The Bertz CT molecular complexity index is 1260. The first-order valence-corrected chi connectivity index (χ1v) is 43.7. The second-order valence-electron chi connectivity index (χ2n) is 27.9. The van der Waals surface area contributed by atoms with Gasteiger partial charge in [0.2, 0.25) is 0 Å². The summed E-state index contributed by atoms with van der Waals surface area (Å²) in [4.78, 5) is 39.0. The van der Waals surface area contributed by atoms with E-state index in [1.165, 1.54) is 385 Å². The van der Waals surface area contributed by atoms with Gasteiger partial charge in [-0.15, -0.1) is 0 Å². The summed E-state index contributed by atoms with van der Waals surface area (Å²) < 4.78 is 17.2. The summed E-state index contributed by atoms with van der Waals surface area (Å²) in [5.41, 5.74) is -1.21. The third-order valence-electron chi connectivity index (χ3n) is 18.7. The number of hydrogen-bond donors (Lipinski definition) is 1. The zero-order chi connectivity index (χ0) is 65.1. The van der Waals surface area contributed by atoms with E-state index in [2.05, 4.69) is 20.8 Å².